The molecule has 2 aromatic heterocycles. The van der Waals surface area contributed by atoms with Gasteiger partial charge in [0, 0.05) is 25.1 Å². The third kappa shape index (κ3) is 3.04. The van der Waals surface area contributed by atoms with Crippen molar-refractivity contribution in [1.29, 1.82) is 0 Å². The third-order valence-electron chi connectivity index (χ3n) is 3.83. The molecule has 0 radical (unpaired) electrons. The van der Waals surface area contributed by atoms with Gasteiger partial charge in [-0.2, -0.15) is 4.98 Å². The van der Waals surface area contributed by atoms with Crippen molar-refractivity contribution in [3.63, 3.8) is 0 Å². The Morgan fingerprint density at radius 3 is 2.65 bits per heavy atom. The van der Waals surface area contributed by atoms with Gasteiger partial charge < -0.3 is 4.52 Å². The zero-order valence-electron chi connectivity index (χ0n) is 12.0. The topological polar surface area (TPSA) is 55.1 Å². The fourth-order valence-corrected chi connectivity index (χ4v) is 2.75. The van der Waals surface area contributed by atoms with Crippen molar-refractivity contribution < 1.29 is 4.52 Å². The lowest BCUT2D eigenvalue weighted by molar-refractivity contribution is 0.198. The fourth-order valence-electron chi connectivity index (χ4n) is 2.75. The minimum atomic E-state index is 0.439. The van der Waals surface area contributed by atoms with Gasteiger partial charge in [0.2, 0.25) is 5.89 Å². The average Bonchev–Trinajstić information content (AvgIpc) is 2.86. The van der Waals surface area contributed by atoms with E-state index in [4.69, 9.17) is 4.52 Å². The highest BCUT2D eigenvalue weighted by molar-refractivity contribution is 5.10. The van der Waals surface area contributed by atoms with Gasteiger partial charge in [0.1, 0.15) is 0 Å². The number of aryl methyl sites for hydroxylation is 2. The van der Waals surface area contributed by atoms with Crippen LogP contribution < -0.4 is 0 Å². The number of hydrogen-bond donors (Lipinski definition) is 0. The summed E-state index contributed by atoms with van der Waals surface area (Å²) in [4.78, 5) is 11.4. The molecule has 0 amide bonds. The van der Waals surface area contributed by atoms with Crippen molar-refractivity contribution in [2.24, 2.45) is 0 Å². The van der Waals surface area contributed by atoms with Crippen molar-refractivity contribution in [1.82, 2.24) is 20.0 Å². The molecule has 1 aliphatic rings. The van der Waals surface area contributed by atoms with E-state index in [0.29, 0.717) is 11.8 Å². The predicted molar refractivity (Wildman–Crippen MR) is 75.3 cm³/mol. The molecule has 1 fully saturated rings. The maximum atomic E-state index is 5.07. The lowest BCUT2D eigenvalue weighted by atomic mass is 9.96. The molecule has 0 aliphatic carbocycles. The van der Waals surface area contributed by atoms with E-state index >= 15 is 0 Å². The van der Waals surface area contributed by atoms with Crippen LogP contribution in [-0.4, -0.2) is 33.1 Å². The molecular formula is C15H20N4O. The molecule has 1 aliphatic heterocycles. The molecule has 5 nitrogen and oxygen atoms in total. The summed E-state index contributed by atoms with van der Waals surface area (Å²) < 4.78 is 5.07. The number of likely N-dealkylation sites (tertiary alicyclic amines) is 1. The van der Waals surface area contributed by atoms with Crippen molar-refractivity contribution in [3.05, 3.63) is 41.3 Å². The van der Waals surface area contributed by atoms with Gasteiger partial charge in [-0.3, -0.25) is 9.88 Å². The highest BCUT2D eigenvalue weighted by atomic mass is 16.5. The molecule has 3 rings (SSSR count). The van der Waals surface area contributed by atoms with Gasteiger partial charge in [0.05, 0.1) is 5.69 Å². The normalized spacial score (nSPS) is 17.5. The van der Waals surface area contributed by atoms with Crippen LogP contribution in [0.4, 0.5) is 0 Å². The molecule has 0 aromatic carbocycles. The second-order valence-corrected chi connectivity index (χ2v) is 5.49. The Morgan fingerprint density at radius 1 is 1.20 bits per heavy atom. The Bertz CT molecular complexity index is 573. The van der Waals surface area contributed by atoms with E-state index in [2.05, 4.69) is 32.2 Å². The highest BCUT2D eigenvalue weighted by Crippen LogP contribution is 2.26. The molecule has 5 heteroatoms. The minimum absolute atomic E-state index is 0.439. The van der Waals surface area contributed by atoms with Crippen LogP contribution in [0.2, 0.25) is 0 Å². The SMILES string of the molecule is Cc1cccc(CN2CCC(c3noc(C)n3)CC2)n1. The molecule has 2 aromatic rings. The van der Waals surface area contributed by atoms with Crippen molar-refractivity contribution in [3.8, 4) is 0 Å². The lowest BCUT2D eigenvalue weighted by Gasteiger charge is -2.30. The Morgan fingerprint density at radius 2 is 2.00 bits per heavy atom. The first-order valence-corrected chi connectivity index (χ1v) is 7.16. The highest BCUT2D eigenvalue weighted by Gasteiger charge is 2.24. The Labute approximate surface area is 119 Å². The number of rotatable bonds is 3. The van der Waals surface area contributed by atoms with E-state index in [9.17, 15) is 0 Å². The minimum Gasteiger partial charge on any atom is -0.340 e. The zero-order valence-corrected chi connectivity index (χ0v) is 12.0. The van der Waals surface area contributed by atoms with E-state index in [1.807, 2.05) is 19.9 Å². The maximum absolute atomic E-state index is 5.07. The molecule has 0 atom stereocenters. The van der Waals surface area contributed by atoms with E-state index in [1.54, 1.807) is 0 Å². The van der Waals surface area contributed by atoms with E-state index < -0.39 is 0 Å². The average molecular weight is 272 g/mol. The van der Waals surface area contributed by atoms with Gasteiger partial charge in [0.25, 0.3) is 0 Å². The van der Waals surface area contributed by atoms with Crippen molar-refractivity contribution in [2.45, 2.75) is 39.2 Å². The Kier molecular flexibility index (Phi) is 3.78. The van der Waals surface area contributed by atoms with Gasteiger partial charge in [0.15, 0.2) is 5.82 Å². The smallest absolute Gasteiger partial charge is 0.223 e. The molecule has 0 spiro atoms. The molecule has 0 unspecified atom stereocenters. The molecule has 0 N–H and O–H groups in total. The standard InChI is InChI=1S/C15H20N4O/c1-11-4-3-5-14(16-11)10-19-8-6-13(7-9-19)15-17-12(2)20-18-15/h3-5,13H,6-10H2,1-2H3. The lowest BCUT2D eigenvalue weighted by Crippen LogP contribution is -2.33. The van der Waals surface area contributed by atoms with Crippen LogP contribution in [0.15, 0.2) is 22.7 Å². The summed E-state index contributed by atoms with van der Waals surface area (Å²) in [6, 6.07) is 6.21. The van der Waals surface area contributed by atoms with Gasteiger partial charge >= 0.3 is 0 Å². The fraction of sp³-hybridized carbons (Fsp3) is 0.533. The number of piperidine rings is 1. The van der Waals surface area contributed by atoms with Gasteiger partial charge in [-0.15, -0.1) is 0 Å². The molecule has 1 saturated heterocycles. The van der Waals surface area contributed by atoms with Crippen LogP contribution in [0.25, 0.3) is 0 Å². The molecule has 3 heterocycles. The molecule has 106 valence electrons. The molecule has 20 heavy (non-hydrogen) atoms. The summed E-state index contributed by atoms with van der Waals surface area (Å²) in [6.45, 7) is 6.94. The number of nitrogens with zero attached hydrogens (tertiary/aromatic N) is 4. The first kappa shape index (κ1) is 13.2. The summed E-state index contributed by atoms with van der Waals surface area (Å²) in [5.74, 6) is 1.97. The monoisotopic (exact) mass is 272 g/mol. The van der Waals surface area contributed by atoms with Crippen LogP contribution in [0.5, 0.6) is 0 Å². The zero-order chi connectivity index (χ0) is 13.9. The maximum Gasteiger partial charge on any atom is 0.223 e. The van der Waals surface area contributed by atoms with Crippen LogP contribution in [0.1, 0.15) is 41.9 Å². The first-order chi connectivity index (χ1) is 9.70. The molecular weight excluding hydrogens is 252 g/mol. The summed E-state index contributed by atoms with van der Waals surface area (Å²) in [6.07, 6.45) is 2.18. The van der Waals surface area contributed by atoms with E-state index in [-0.39, 0.29) is 0 Å². The molecule has 0 bridgehead atoms. The van der Waals surface area contributed by atoms with Gasteiger partial charge in [-0.05, 0) is 45.0 Å². The van der Waals surface area contributed by atoms with Gasteiger partial charge in [-0.1, -0.05) is 11.2 Å². The van der Waals surface area contributed by atoms with Crippen molar-refractivity contribution in [2.75, 3.05) is 13.1 Å². The molecule has 0 saturated carbocycles. The summed E-state index contributed by atoms with van der Waals surface area (Å²) in [7, 11) is 0. The van der Waals surface area contributed by atoms with Crippen LogP contribution in [0.3, 0.4) is 0 Å². The van der Waals surface area contributed by atoms with Crippen LogP contribution >= 0.6 is 0 Å². The number of pyridine rings is 1. The van der Waals surface area contributed by atoms with E-state index in [1.165, 1.54) is 0 Å². The Hall–Kier alpha value is -1.75. The number of aromatic nitrogens is 3. The summed E-state index contributed by atoms with van der Waals surface area (Å²) in [5, 5.41) is 4.04. The second-order valence-electron chi connectivity index (χ2n) is 5.49. The van der Waals surface area contributed by atoms with E-state index in [0.717, 1.165) is 49.7 Å². The Balaban J connectivity index is 1.56. The predicted octanol–water partition coefficient (Wildman–Crippen LogP) is 2.46. The van der Waals surface area contributed by atoms with Gasteiger partial charge in [-0.25, -0.2) is 0 Å². The summed E-state index contributed by atoms with van der Waals surface area (Å²) >= 11 is 0. The van der Waals surface area contributed by atoms with Crippen molar-refractivity contribution >= 4 is 0 Å². The number of hydrogen-bond acceptors (Lipinski definition) is 5. The van der Waals surface area contributed by atoms with Crippen LogP contribution in [0, 0.1) is 13.8 Å². The largest absolute Gasteiger partial charge is 0.340 e. The first-order valence-electron chi connectivity index (χ1n) is 7.16. The quantitative estimate of drug-likeness (QED) is 0.859. The van der Waals surface area contributed by atoms with Crippen LogP contribution in [-0.2, 0) is 6.54 Å². The summed E-state index contributed by atoms with van der Waals surface area (Å²) in [5.41, 5.74) is 2.23. The second kappa shape index (κ2) is 5.71. The third-order valence-corrected chi connectivity index (χ3v) is 3.83.